The minimum absolute atomic E-state index is 0.0278. The molecule has 1 aromatic heterocycles. The average Bonchev–Trinajstić information content (AvgIpc) is 3.24. The van der Waals surface area contributed by atoms with E-state index in [1.807, 2.05) is 36.1 Å². The van der Waals surface area contributed by atoms with E-state index in [9.17, 15) is 9.59 Å². The molecule has 0 aliphatic carbocycles. The van der Waals surface area contributed by atoms with Gasteiger partial charge in [0.05, 0.1) is 5.69 Å². The highest BCUT2D eigenvalue weighted by Gasteiger charge is 2.35. The van der Waals surface area contributed by atoms with Crippen LogP contribution < -0.4 is 9.64 Å². The van der Waals surface area contributed by atoms with Crippen molar-refractivity contribution in [3.05, 3.63) is 53.2 Å². The van der Waals surface area contributed by atoms with Gasteiger partial charge in [-0.3, -0.25) is 19.4 Å². The molecular weight excluding hydrogens is 444 g/mol. The molecule has 2 amide bonds. The first kappa shape index (κ1) is 21.7. The maximum absolute atomic E-state index is 13.1. The molecule has 3 heterocycles. The number of ether oxygens (including phenoxy) is 1. The van der Waals surface area contributed by atoms with Crippen molar-refractivity contribution < 1.29 is 18.8 Å². The van der Waals surface area contributed by atoms with Gasteiger partial charge in [-0.2, -0.15) is 0 Å². The molecule has 1 saturated heterocycles. The van der Waals surface area contributed by atoms with E-state index in [4.69, 9.17) is 20.9 Å². The third kappa shape index (κ3) is 4.28. The molecule has 5 rings (SSSR count). The second kappa shape index (κ2) is 9.03. The van der Waals surface area contributed by atoms with Gasteiger partial charge in [-0.05, 0) is 36.8 Å². The van der Waals surface area contributed by atoms with Crippen LogP contribution in [-0.2, 0) is 16.1 Å². The number of piperazine rings is 1. The Kier molecular flexibility index (Phi) is 5.95. The van der Waals surface area contributed by atoms with Gasteiger partial charge in [0.2, 0.25) is 5.91 Å². The molecule has 8 nitrogen and oxygen atoms in total. The number of carbonyl (C=O) groups excluding carboxylic acids is 2. The minimum Gasteiger partial charge on any atom is -0.478 e. The normalized spacial score (nSPS) is 19.0. The lowest BCUT2D eigenvalue weighted by atomic mass is 10.1. The Bertz CT molecular complexity index is 1190. The van der Waals surface area contributed by atoms with E-state index in [0.717, 1.165) is 29.8 Å². The van der Waals surface area contributed by atoms with Gasteiger partial charge in [-0.25, -0.2) is 0 Å². The SMILES string of the molecule is CC[C@H]1Oc2ccc(Cl)cc2N(CC(=O)N2CCN(Cc3noc4ccccc34)CC2)C1=O. The molecular formula is C24H25ClN4O4. The van der Waals surface area contributed by atoms with E-state index in [2.05, 4.69) is 10.1 Å². The molecule has 172 valence electrons. The van der Waals surface area contributed by atoms with Crippen molar-refractivity contribution in [3.63, 3.8) is 0 Å². The zero-order valence-corrected chi connectivity index (χ0v) is 19.1. The molecule has 2 aromatic carbocycles. The van der Waals surface area contributed by atoms with Crippen LogP contribution in [0.5, 0.6) is 5.75 Å². The van der Waals surface area contributed by atoms with E-state index in [1.54, 1.807) is 18.2 Å². The second-order valence-corrected chi connectivity index (χ2v) is 8.77. The number of carbonyl (C=O) groups is 2. The number of hydrogen-bond acceptors (Lipinski definition) is 6. The van der Waals surface area contributed by atoms with Crippen LogP contribution in [0.1, 0.15) is 19.0 Å². The fourth-order valence-electron chi connectivity index (χ4n) is 4.37. The number of benzene rings is 2. The van der Waals surface area contributed by atoms with Gasteiger partial charge >= 0.3 is 0 Å². The van der Waals surface area contributed by atoms with Crippen molar-refractivity contribution in [1.29, 1.82) is 0 Å². The molecule has 0 saturated carbocycles. The number of hydrogen-bond donors (Lipinski definition) is 0. The number of amides is 2. The van der Waals surface area contributed by atoms with Crippen molar-refractivity contribution in [2.45, 2.75) is 26.0 Å². The lowest BCUT2D eigenvalue weighted by Crippen LogP contribution is -2.54. The van der Waals surface area contributed by atoms with Crippen molar-refractivity contribution in [2.24, 2.45) is 0 Å². The standard InChI is InChI=1S/C24H25ClN4O4/c1-2-20-24(31)29(19-13-16(25)7-8-22(19)32-20)15-23(30)28-11-9-27(10-12-28)14-18-17-5-3-4-6-21(17)33-26-18/h3-8,13,20H,2,9-12,14-15H2,1H3/t20-/m1/s1. The van der Waals surface area contributed by atoms with E-state index >= 15 is 0 Å². The maximum Gasteiger partial charge on any atom is 0.268 e. The summed E-state index contributed by atoms with van der Waals surface area (Å²) in [6.07, 6.45) is -0.0679. The molecule has 9 heteroatoms. The van der Waals surface area contributed by atoms with E-state index in [0.29, 0.717) is 42.5 Å². The summed E-state index contributed by atoms with van der Waals surface area (Å²) in [7, 11) is 0. The first-order chi connectivity index (χ1) is 16.0. The molecule has 0 spiro atoms. The number of halogens is 1. The van der Waals surface area contributed by atoms with E-state index < -0.39 is 6.10 Å². The van der Waals surface area contributed by atoms with Gasteiger partial charge in [0.1, 0.15) is 18.0 Å². The summed E-state index contributed by atoms with van der Waals surface area (Å²) >= 11 is 6.15. The first-order valence-corrected chi connectivity index (χ1v) is 11.5. The van der Waals surface area contributed by atoms with Gasteiger partial charge in [0.15, 0.2) is 11.7 Å². The Morgan fingerprint density at radius 2 is 1.94 bits per heavy atom. The summed E-state index contributed by atoms with van der Waals surface area (Å²) in [5.41, 5.74) is 2.23. The van der Waals surface area contributed by atoms with Gasteiger partial charge in [-0.1, -0.05) is 35.8 Å². The van der Waals surface area contributed by atoms with Crippen LogP contribution in [-0.4, -0.2) is 65.6 Å². The van der Waals surface area contributed by atoms with Crippen LogP contribution in [0.15, 0.2) is 47.0 Å². The van der Waals surface area contributed by atoms with Crippen LogP contribution >= 0.6 is 11.6 Å². The summed E-state index contributed by atoms with van der Waals surface area (Å²) in [6.45, 7) is 5.17. The van der Waals surface area contributed by atoms with Crippen molar-refractivity contribution in [2.75, 3.05) is 37.6 Å². The Morgan fingerprint density at radius 3 is 2.73 bits per heavy atom. The van der Waals surface area contributed by atoms with Crippen molar-refractivity contribution >= 4 is 40.1 Å². The number of fused-ring (bicyclic) bond motifs is 2. The number of para-hydroxylation sites is 1. The fourth-order valence-corrected chi connectivity index (χ4v) is 4.54. The highest BCUT2D eigenvalue weighted by atomic mass is 35.5. The molecule has 0 bridgehead atoms. The Hall–Kier alpha value is -3.10. The predicted molar refractivity (Wildman–Crippen MR) is 124 cm³/mol. The summed E-state index contributed by atoms with van der Waals surface area (Å²) in [5.74, 6) is 0.276. The number of aromatic nitrogens is 1. The Labute approximate surface area is 196 Å². The fraction of sp³-hybridized carbons (Fsp3) is 0.375. The van der Waals surface area contributed by atoms with Gasteiger partial charge in [-0.15, -0.1) is 0 Å². The molecule has 0 radical (unpaired) electrons. The first-order valence-electron chi connectivity index (χ1n) is 11.1. The molecule has 33 heavy (non-hydrogen) atoms. The van der Waals surface area contributed by atoms with Crippen LogP contribution in [0, 0.1) is 0 Å². The zero-order chi connectivity index (χ0) is 22.9. The highest BCUT2D eigenvalue weighted by molar-refractivity contribution is 6.31. The minimum atomic E-state index is -0.597. The summed E-state index contributed by atoms with van der Waals surface area (Å²) in [6, 6.07) is 13.0. The molecule has 0 N–H and O–H groups in total. The Balaban J connectivity index is 1.23. The summed E-state index contributed by atoms with van der Waals surface area (Å²) < 4.78 is 11.2. The van der Waals surface area contributed by atoms with Crippen molar-refractivity contribution in [3.8, 4) is 5.75 Å². The average molecular weight is 469 g/mol. The van der Waals surface area contributed by atoms with Crippen LogP contribution in [0.3, 0.4) is 0 Å². The molecule has 1 atom stereocenters. The topological polar surface area (TPSA) is 79.1 Å². The number of nitrogens with zero attached hydrogens (tertiary/aromatic N) is 4. The highest BCUT2D eigenvalue weighted by Crippen LogP contribution is 2.36. The van der Waals surface area contributed by atoms with Crippen molar-refractivity contribution in [1.82, 2.24) is 15.0 Å². The largest absolute Gasteiger partial charge is 0.478 e. The second-order valence-electron chi connectivity index (χ2n) is 8.33. The summed E-state index contributed by atoms with van der Waals surface area (Å²) in [5, 5.41) is 5.72. The van der Waals surface area contributed by atoms with Crippen LogP contribution in [0.2, 0.25) is 5.02 Å². The predicted octanol–water partition coefficient (Wildman–Crippen LogP) is 3.33. The van der Waals surface area contributed by atoms with E-state index in [-0.39, 0.29) is 18.4 Å². The smallest absolute Gasteiger partial charge is 0.268 e. The van der Waals surface area contributed by atoms with Gasteiger partial charge in [0, 0.05) is 43.1 Å². The third-order valence-corrected chi connectivity index (χ3v) is 6.47. The molecule has 0 unspecified atom stereocenters. The quantitative estimate of drug-likeness (QED) is 0.571. The Morgan fingerprint density at radius 1 is 1.15 bits per heavy atom. The van der Waals surface area contributed by atoms with Crippen LogP contribution in [0.25, 0.3) is 11.0 Å². The molecule has 2 aliphatic heterocycles. The van der Waals surface area contributed by atoms with Crippen LogP contribution in [0.4, 0.5) is 5.69 Å². The zero-order valence-electron chi connectivity index (χ0n) is 18.4. The lowest BCUT2D eigenvalue weighted by Gasteiger charge is -2.37. The van der Waals surface area contributed by atoms with Gasteiger partial charge < -0.3 is 14.2 Å². The number of rotatable bonds is 5. The monoisotopic (exact) mass is 468 g/mol. The lowest BCUT2D eigenvalue weighted by molar-refractivity contribution is -0.134. The van der Waals surface area contributed by atoms with E-state index in [1.165, 1.54) is 4.90 Å². The summed E-state index contributed by atoms with van der Waals surface area (Å²) in [4.78, 5) is 31.6. The maximum atomic E-state index is 13.1. The molecule has 2 aliphatic rings. The number of anilines is 1. The van der Waals surface area contributed by atoms with Gasteiger partial charge in [0.25, 0.3) is 5.91 Å². The molecule has 3 aromatic rings. The third-order valence-electron chi connectivity index (χ3n) is 6.24. The molecule has 1 fully saturated rings.